The van der Waals surface area contributed by atoms with Crippen LogP contribution < -0.4 is 29.0 Å². The Morgan fingerprint density at radius 2 is 1.41 bits per heavy atom. The largest absolute Gasteiger partial charge is 0.493 e. The summed E-state index contributed by atoms with van der Waals surface area (Å²) in [6.07, 6.45) is 0.920. The summed E-state index contributed by atoms with van der Waals surface area (Å²) in [7, 11) is 6.27. The second-order valence-corrected chi connectivity index (χ2v) is 12.7. The van der Waals surface area contributed by atoms with Crippen molar-refractivity contribution in [2.24, 2.45) is 0 Å². The second kappa shape index (κ2) is 15.1. The molecule has 1 aliphatic heterocycles. The number of hydrogen-bond donors (Lipinski definition) is 2. The minimum Gasteiger partial charge on any atom is -0.493 e. The van der Waals surface area contributed by atoms with Crippen molar-refractivity contribution in [2.45, 2.75) is 62.2 Å². The first-order chi connectivity index (χ1) is 21.1. The number of amides is 2. The summed E-state index contributed by atoms with van der Waals surface area (Å²) in [5.41, 5.74) is 1.71. The zero-order valence-corrected chi connectivity index (χ0v) is 28.3. The van der Waals surface area contributed by atoms with Gasteiger partial charge in [0, 0.05) is 9.37 Å². The van der Waals surface area contributed by atoms with Gasteiger partial charge in [-0.15, -0.1) is 0 Å². The summed E-state index contributed by atoms with van der Waals surface area (Å²) < 4.78 is 36.2. The smallest absolute Gasteiger partial charge is 0.345 e. The molecule has 0 saturated carbocycles. The van der Waals surface area contributed by atoms with Crippen molar-refractivity contribution < 1.29 is 38.4 Å². The van der Waals surface area contributed by atoms with E-state index in [1.807, 2.05) is 55.5 Å². The third-order valence-corrected chi connectivity index (χ3v) is 8.59. The number of carbonyl (C=O) groups excluding carboxylic acids is 1. The number of methoxy groups -OCH3 is 4. The number of hydroxylamine groups is 2. The molecule has 0 aliphatic carbocycles. The molecule has 4 rings (SSSR count). The van der Waals surface area contributed by atoms with E-state index in [-0.39, 0.29) is 17.6 Å². The van der Waals surface area contributed by atoms with Gasteiger partial charge in [-0.3, -0.25) is 5.21 Å². The molecule has 3 aromatic rings. The summed E-state index contributed by atoms with van der Waals surface area (Å²) in [5, 5.41) is 13.8. The van der Waals surface area contributed by atoms with Crippen LogP contribution in [0, 0.1) is 0 Å². The van der Waals surface area contributed by atoms with Crippen molar-refractivity contribution >= 4 is 39.4 Å². The van der Waals surface area contributed by atoms with Crippen LogP contribution >= 0.6 is 27.7 Å². The van der Waals surface area contributed by atoms with Gasteiger partial charge in [0.25, 0.3) is 0 Å². The molecule has 0 spiro atoms. The summed E-state index contributed by atoms with van der Waals surface area (Å²) in [6, 6.07) is 14.2. The Balaban J connectivity index is 1.64. The topological polar surface area (TPSA) is 108 Å². The predicted octanol–water partition coefficient (Wildman–Crippen LogP) is 8.22. The molecule has 12 heteroatoms. The number of nitrogens with zero attached hydrogens (tertiary/aromatic N) is 1. The number of carbonyl (C=O) groups is 1. The monoisotopic (exact) mass is 690 g/mol. The molecular formula is C32H39BrN2O8S. The van der Waals surface area contributed by atoms with Gasteiger partial charge in [0.15, 0.2) is 23.0 Å². The molecule has 1 saturated heterocycles. The lowest BCUT2D eigenvalue weighted by Gasteiger charge is -2.24. The molecule has 0 aromatic heterocycles. The van der Waals surface area contributed by atoms with E-state index in [1.54, 1.807) is 42.3 Å². The molecule has 2 N–H and O–H groups in total. The molecule has 0 bridgehead atoms. The lowest BCUT2D eigenvalue weighted by Crippen LogP contribution is -2.37. The number of ether oxygens (including phenoxy) is 6. The highest BCUT2D eigenvalue weighted by molar-refractivity contribution is 9.10. The number of halogens is 1. The van der Waals surface area contributed by atoms with Crippen LogP contribution in [0.15, 0.2) is 57.9 Å². The van der Waals surface area contributed by atoms with E-state index >= 15 is 0 Å². The molecule has 3 unspecified atom stereocenters. The van der Waals surface area contributed by atoms with E-state index in [0.29, 0.717) is 45.9 Å². The maximum absolute atomic E-state index is 13.0. The van der Waals surface area contributed by atoms with Gasteiger partial charge >= 0.3 is 6.03 Å². The van der Waals surface area contributed by atoms with E-state index in [4.69, 9.17) is 28.4 Å². The van der Waals surface area contributed by atoms with Crippen LogP contribution in [0.1, 0.15) is 56.9 Å². The lowest BCUT2D eigenvalue weighted by atomic mass is 10.0. The maximum atomic E-state index is 13.0. The van der Waals surface area contributed by atoms with E-state index in [0.717, 1.165) is 26.9 Å². The molecule has 1 heterocycles. The average Bonchev–Trinajstić information content (AvgIpc) is 3.52. The Hall–Kier alpha value is -3.32. The minimum absolute atomic E-state index is 0.232. The van der Waals surface area contributed by atoms with Crippen molar-refractivity contribution in [3.63, 3.8) is 0 Å². The van der Waals surface area contributed by atoms with E-state index in [1.165, 1.54) is 11.8 Å². The minimum atomic E-state index is -0.695. The average molecular weight is 692 g/mol. The fourth-order valence-corrected chi connectivity index (χ4v) is 5.98. The van der Waals surface area contributed by atoms with Crippen molar-refractivity contribution in [1.29, 1.82) is 0 Å². The fourth-order valence-electron chi connectivity index (χ4n) is 4.89. The van der Waals surface area contributed by atoms with Gasteiger partial charge in [-0.1, -0.05) is 27.7 Å². The molecule has 2 amide bonds. The van der Waals surface area contributed by atoms with Crippen LogP contribution in [-0.2, 0) is 4.74 Å². The van der Waals surface area contributed by atoms with Crippen LogP contribution in [-0.4, -0.2) is 56.2 Å². The number of anilines is 1. The van der Waals surface area contributed by atoms with E-state index in [2.05, 4.69) is 21.2 Å². The highest BCUT2D eigenvalue weighted by atomic mass is 79.9. The molecule has 3 aromatic carbocycles. The van der Waals surface area contributed by atoms with Gasteiger partial charge in [-0.2, -0.15) is 0 Å². The Bertz CT molecular complexity index is 1410. The maximum Gasteiger partial charge on any atom is 0.345 e. The van der Waals surface area contributed by atoms with Crippen LogP contribution in [0.2, 0.25) is 0 Å². The van der Waals surface area contributed by atoms with Crippen molar-refractivity contribution in [2.75, 3.05) is 33.8 Å². The fraction of sp³-hybridized carbons (Fsp3) is 0.406. The molecule has 3 atom stereocenters. The van der Waals surface area contributed by atoms with Crippen LogP contribution in [0.4, 0.5) is 10.5 Å². The Morgan fingerprint density at radius 1 is 0.886 bits per heavy atom. The Kier molecular flexibility index (Phi) is 11.5. The number of benzene rings is 3. The van der Waals surface area contributed by atoms with E-state index in [9.17, 15) is 10.0 Å². The normalized spacial score (nSPS) is 16.8. The molecule has 10 nitrogen and oxygen atoms in total. The summed E-state index contributed by atoms with van der Waals surface area (Å²) in [6.45, 7) is 5.33. The van der Waals surface area contributed by atoms with Crippen LogP contribution in [0.25, 0.3) is 0 Å². The molecule has 1 aliphatic rings. The van der Waals surface area contributed by atoms with Gasteiger partial charge in [-0.25, -0.2) is 9.86 Å². The highest BCUT2D eigenvalue weighted by Gasteiger charge is 2.32. The zero-order valence-electron chi connectivity index (χ0n) is 25.9. The summed E-state index contributed by atoms with van der Waals surface area (Å²) >= 11 is 4.98. The van der Waals surface area contributed by atoms with Crippen molar-refractivity contribution in [1.82, 2.24) is 5.06 Å². The van der Waals surface area contributed by atoms with Gasteiger partial charge in [0.1, 0.15) is 5.44 Å². The Labute approximate surface area is 271 Å². The number of hydrogen-bond acceptors (Lipinski definition) is 9. The quantitative estimate of drug-likeness (QED) is 0.0841. The number of thioether (sulfide) groups is 1. The molecular weight excluding hydrogens is 652 g/mol. The second-order valence-electron chi connectivity index (χ2n) is 10.4. The van der Waals surface area contributed by atoms with Gasteiger partial charge in [-0.05, 0) is 93.3 Å². The Morgan fingerprint density at radius 3 is 1.91 bits per heavy atom. The van der Waals surface area contributed by atoms with Crippen LogP contribution in [0.5, 0.6) is 28.7 Å². The van der Waals surface area contributed by atoms with Crippen LogP contribution in [0.3, 0.4) is 0 Å². The van der Waals surface area contributed by atoms with Crippen molar-refractivity contribution in [3.05, 3.63) is 64.1 Å². The SMILES string of the molecule is COc1cc(C2CCC(c3cc(OC)c(OC)c(OC)c3)O2)cc(NC(=O)N(O)C(C)C)c1OC(C)Sc1ccc(Br)cc1. The number of rotatable bonds is 12. The number of nitrogens with one attached hydrogen (secondary N) is 1. The third-order valence-electron chi connectivity index (χ3n) is 7.09. The molecule has 238 valence electrons. The first-order valence-corrected chi connectivity index (χ1v) is 15.8. The van der Waals surface area contributed by atoms with Crippen molar-refractivity contribution in [3.8, 4) is 28.7 Å². The lowest BCUT2D eigenvalue weighted by molar-refractivity contribution is -0.0622. The first kappa shape index (κ1) is 33.6. The predicted molar refractivity (Wildman–Crippen MR) is 173 cm³/mol. The molecule has 0 radical (unpaired) electrons. The summed E-state index contributed by atoms with van der Waals surface area (Å²) in [5.74, 6) is 2.39. The third kappa shape index (κ3) is 7.84. The van der Waals surface area contributed by atoms with Gasteiger partial charge in [0.05, 0.1) is 52.4 Å². The van der Waals surface area contributed by atoms with E-state index < -0.39 is 12.1 Å². The summed E-state index contributed by atoms with van der Waals surface area (Å²) in [4.78, 5) is 14.0. The van der Waals surface area contributed by atoms with Gasteiger partial charge < -0.3 is 33.7 Å². The van der Waals surface area contributed by atoms with Gasteiger partial charge in [0.2, 0.25) is 5.75 Å². The molecule has 1 fully saturated rings. The molecule has 44 heavy (non-hydrogen) atoms. The first-order valence-electron chi connectivity index (χ1n) is 14.1. The zero-order chi connectivity index (χ0) is 32.0. The number of urea groups is 1. The standard InChI is InChI=1S/C32H39BrN2O8S/c1-18(2)35(37)32(36)34-24-14-20(15-27(38-4)30(24)42-19(3)44-23-10-8-22(33)9-11-23)25-12-13-26(43-25)21-16-28(39-5)31(41-7)29(17-21)40-6/h8-11,14-19,25-26,37H,12-13H2,1-7H3,(H,34,36). The highest BCUT2D eigenvalue weighted by Crippen LogP contribution is 2.48.